The molecule has 1 amide bonds. The molecule has 5 rings (SSSR count). The Balaban J connectivity index is 1.23. The van der Waals surface area contributed by atoms with Crippen molar-refractivity contribution in [1.29, 1.82) is 0 Å². The Morgan fingerprint density at radius 2 is 1.79 bits per heavy atom. The van der Waals surface area contributed by atoms with Crippen LogP contribution in [-0.4, -0.2) is 24.2 Å². The van der Waals surface area contributed by atoms with Crippen LogP contribution in [-0.2, 0) is 4.79 Å². The normalized spacial score (nSPS) is 15.2. The van der Waals surface area contributed by atoms with Crippen LogP contribution in [0.4, 0.5) is 11.4 Å². The average Bonchev–Trinajstić information content (AvgIpc) is 3.21. The number of anilines is 2. The van der Waals surface area contributed by atoms with Crippen molar-refractivity contribution < 1.29 is 9.32 Å². The Morgan fingerprint density at radius 3 is 2.64 bits per heavy atom. The van der Waals surface area contributed by atoms with Gasteiger partial charge in [0.2, 0.25) is 5.91 Å². The fourth-order valence-electron chi connectivity index (χ4n) is 3.97. The summed E-state index contributed by atoms with van der Waals surface area (Å²) in [6.45, 7) is 1.78. The summed E-state index contributed by atoms with van der Waals surface area (Å²) in [5.41, 5.74) is 2.75. The van der Waals surface area contributed by atoms with E-state index in [1.165, 1.54) is 16.5 Å². The summed E-state index contributed by atoms with van der Waals surface area (Å²) < 4.78 is 5.11. The maximum Gasteiger partial charge on any atom is 0.227 e. The molecule has 1 N–H and O–H groups in total. The van der Waals surface area contributed by atoms with Gasteiger partial charge >= 0.3 is 0 Å². The third-order valence-corrected chi connectivity index (χ3v) is 5.58. The number of piperidine rings is 1. The molecule has 140 valence electrons. The molecule has 0 unspecified atom stereocenters. The monoisotopic (exact) mass is 371 g/mol. The first kappa shape index (κ1) is 16.8. The minimum absolute atomic E-state index is 0.0369. The predicted octanol–water partition coefficient (Wildman–Crippen LogP) is 4.84. The summed E-state index contributed by atoms with van der Waals surface area (Å²) in [4.78, 5) is 15.1. The number of nitrogens with one attached hydrogen (secondary N) is 1. The number of benzene rings is 3. The van der Waals surface area contributed by atoms with Gasteiger partial charge in [0, 0.05) is 35.8 Å². The quantitative estimate of drug-likeness (QED) is 0.560. The zero-order valence-corrected chi connectivity index (χ0v) is 15.5. The second kappa shape index (κ2) is 7.00. The van der Waals surface area contributed by atoms with Crippen LogP contribution in [0.3, 0.4) is 0 Å². The van der Waals surface area contributed by atoms with Gasteiger partial charge in [0.1, 0.15) is 0 Å². The minimum atomic E-state index is 0.0369. The van der Waals surface area contributed by atoms with Gasteiger partial charge in [-0.25, -0.2) is 0 Å². The van der Waals surface area contributed by atoms with Gasteiger partial charge < -0.3 is 14.7 Å². The van der Waals surface area contributed by atoms with Crippen LogP contribution in [0.1, 0.15) is 12.8 Å². The summed E-state index contributed by atoms with van der Waals surface area (Å²) in [7, 11) is 0. The third kappa shape index (κ3) is 3.20. The van der Waals surface area contributed by atoms with E-state index in [9.17, 15) is 4.79 Å². The second-order valence-electron chi connectivity index (χ2n) is 7.36. The molecule has 1 saturated heterocycles. The summed E-state index contributed by atoms with van der Waals surface area (Å²) in [5, 5.41) is 10.2. The van der Waals surface area contributed by atoms with Gasteiger partial charge in [-0.3, -0.25) is 4.79 Å². The summed E-state index contributed by atoms with van der Waals surface area (Å²) in [6, 6.07) is 20.6. The average molecular weight is 371 g/mol. The van der Waals surface area contributed by atoms with Gasteiger partial charge in [-0.1, -0.05) is 35.5 Å². The van der Waals surface area contributed by atoms with Crippen molar-refractivity contribution in [1.82, 2.24) is 5.16 Å². The number of nitrogens with zero attached hydrogens (tertiary/aromatic N) is 2. The van der Waals surface area contributed by atoms with Crippen LogP contribution in [0.2, 0.25) is 0 Å². The molecular weight excluding hydrogens is 350 g/mol. The molecule has 1 aliphatic heterocycles. The molecule has 5 nitrogen and oxygen atoms in total. The van der Waals surface area contributed by atoms with Crippen molar-refractivity contribution in [3.63, 3.8) is 0 Å². The highest BCUT2D eigenvalue weighted by molar-refractivity contribution is 5.95. The van der Waals surface area contributed by atoms with Crippen LogP contribution < -0.4 is 10.2 Å². The van der Waals surface area contributed by atoms with Gasteiger partial charge in [0.05, 0.1) is 6.20 Å². The molecule has 3 aromatic carbocycles. The predicted molar refractivity (Wildman–Crippen MR) is 112 cm³/mol. The Labute approximate surface area is 162 Å². The van der Waals surface area contributed by atoms with E-state index in [2.05, 4.69) is 57.8 Å². The minimum Gasteiger partial charge on any atom is -0.371 e. The van der Waals surface area contributed by atoms with E-state index in [1.54, 1.807) is 6.20 Å². The van der Waals surface area contributed by atoms with E-state index in [1.807, 2.05) is 18.2 Å². The Hall–Kier alpha value is -3.34. The van der Waals surface area contributed by atoms with Gasteiger partial charge in [-0.2, -0.15) is 0 Å². The van der Waals surface area contributed by atoms with E-state index in [0.717, 1.165) is 42.6 Å². The number of hydrogen-bond donors (Lipinski definition) is 1. The lowest BCUT2D eigenvalue weighted by Gasteiger charge is -2.33. The lowest BCUT2D eigenvalue weighted by molar-refractivity contribution is -0.120. The Morgan fingerprint density at radius 1 is 0.964 bits per heavy atom. The van der Waals surface area contributed by atoms with Gasteiger partial charge in [0.15, 0.2) is 5.58 Å². The van der Waals surface area contributed by atoms with Crippen LogP contribution >= 0.6 is 0 Å². The highest BCUT2D eigenvalue weighted by atomic mass is 16.5. The first-order valence-corrected chi connectivity index (χ1v) is 9.65. The Bertz CT molecular complexity index is 1140. The van der Waals surface area contributed by atoms with Crippen molar-refractivity contribution in [3.05, 3.63) is 66.9 Å². The van der Waals surface area contributed by atoms with Crippen LogP contribution in [0.5, 0.6) is 0 Å². The van der Waals surface area contributed by atoms with Crippen LogP contribution in [0.15, 0.2) is 71.4 Å². The number of carbonyl (C=O) groups is 1. The van der Waals surface area contributed by atoms with Crippen molar-refractivity contribution >= 4 is 39.0 Å². The first-order valence-electron chi connectivity index (χ1n) is 9.65. The Kier molecular flexibility index (Phi) is 4.20. The maximum absolute atomic E-state index is 12.7. The fourth-order valence-corrected chi connectivity index (χ4v) is 3.97. The SMILES string of the molecule is O=C(Nc1ccc2oncc2c1)C1CCN(c2ccc3ccccc3c2)CC1. The molecule has 1 aromatic heterocycles. The zero-order valence-electron chi connectivity index (χ0n) is 15.5. The third-order valence-electron chi connectivity index (χ3n) is 5.58. The molecule has 28 heavy (non-hydrogen) atoms. The molecule has 0 spiro atoms. The molecule has 5 heteroatoms. The number of aromatic nitrogens is 1. The molecule has 0 radical (unpaired) electrons. The van der Waals surface area contributed by atoms with Gasteiger partial charge in [-0.15, -0.1) is 0 Å². The summed E-state index contributed by atoms with van der Waals surface area (Å²) in [6.07, 6.45) is 3.37. The molecule has 0 aliphatic carbocycles. The molecular formula is C23H21N3O2. The lowest BCUT2D eigenvalue weighted by Crippen LogP contribution is -2.38. The molecule has 0 atom stereocenters. The van der Waals surface area contributed by atoms with Crippen molar-refractivity contribution in [2.75, 3.05) is 23.3 Å². The largest absolute Gasteiger partial charge is 0.371 e. The molecule has 0 bridgehead atoms. The van der Waals surface area contributed by atoms with Gasteiger partial charge in [0.25, 0.3) is 0 Å². The second-order valence-corrected chi connectivity index (χ2v) is 7.36. The summed E-state index contributed by atoms with van der Waals surface area (Å²) >= 11 is 0. The van der Waals surface area contributed by atoms with E-state index < -0.39 is 0 Å². The van der Waals surface area contributed by atoms with Crippen molar-refractivity contribution in [3.8, 4) is 0 Å². The van der Waals surface area contributed by atoms with E-state index in [4.69, 9.17) is 4.52 Å². The zero-order chi connectivity index (χ0) is 18.9. The molecule has 0 saturated carbocycles. The van der Waals surface area contributed by atoms with E-state index in [-0.39, 0.29) is 11.8 Å². The number of rotatable bonds is 3. The number of fused-ring (bicyclic) bond motifs is 2. The van der Waals surface area contributed by atoms with Crippen LogP contribution in [0.25, 0.3) is 21.7 Å². The van der Waals surface area contributed by atoms with Crippen molar-refractivity contribution in [2.24, 2.45) is 5.92 Å². The first-order chi connectivity index (χ1) is 13.8. The number of carbonyl (C=O) groups excluding carboxylic acids is 1. The van der Waals surface area contributed by atoms with Crippen LogP contribution in [0, 0.1) is 5.92 Å². The number of amides is 1. The molecule has 1 aliphatic rings. The smallest absolute Gasteiger partial charge is 0.227 e. The van der Waals surface area contributed by atoms with Gasteiger partial charge in [-0.05, 0) is 53.9 Å². The highest BCUT2D eigenvalue weighted by Crippen LogP contribution is 2.27. The fraction of sp³-hybridized carbons (Fsp3) is 0.217. The lowest BCUT2D eigenvalue weighted by atomic mass is 9.95. The maximum atomic E-state index is 12.7. The van der Waals surface area contributed by atoms with E-state index >= 15 is 0 Å². The van der Waals surface area contributed by atoms with E-state index in [0.29, 0.717) is 0 Å². The molecule has 4 aromatic rings. The molecule has 2 heterocycles. The standard InChI is InChI=1S/C23H21N3O2/c27-23(25-20-6-8-22-19(13-20)15-24-28-22)17-9-11-26(12-10-17)21-7-5-16-3-1-2-4-18(16)14-21/h1-8,13-15,17H,9-12H2,(H,25,27). The highest BCUT2D eigenvalue weighted by Gasteiger charge is 2.25. The summed E-state index contributed by atoms with van der Waals surface area (Å²) in [5.74, 6) is 0.129. The topological polar surface area (TPSA) is 58.4 Å². The number of hydrogen-bond acceptors (Lipinski definition) is 4. The van der Waals surface area contributed by atoms with Crippen molar-refractivity contribution in [2.45, 2.75) is 12.8 Å². The molecule has 1 fully saturated rings.